The monoisotopic (exact) mass is 301 g/mol. The third-order valence-corrected chi connectivity index (χ3v) is 4.88. The Morgan fingerprint density at radius 2 is 2.23 bits per heavy atom. The molecule has 0 N–H and O–H groups in total. The van der Waals surface area contributed by atoms with Crippen LogP contribution in [0.5, 0.6) is 0 Å². The SMILES string of the molecule is C[C@H](c1nc(C2CC2)no1)N1CCCC[C@H]1Cn1cccn1. The third kappa shape index (κ3) is 2.79. The summed E-state index contributed by atoms with van der Waals surface area (Å²) >= 11 is 0. The minimum atomic E-state index is 0.181. The van der Waals surface area contributed by atoms with Crippen molar-refractivity contribution in [2.24, 2.45) is 0 Å². The number of nitrogens with zero attached hydrogens (tertiary/aromatic N) is 5. The lowest BCUT2D eigenvalue weighted by Crippen LogP contribution is -2.43. The molecule has 22 heavy (non-hydrogen) atoms. The van der Waals surface area contributed by atoms with Crippen LogP contribution in [0.3, 0.4) is 0 Å². The van der Waals surface area contributed by atoms with Crippen molar-refractivity contribution in [1.29, 1.82) is 0 Å². The minimum absolute atomic E-state index is 0.181. The normalized spacial score (nSPS) is 24.5. The molecule has 3 heterocycles. The number of piperidine rings is 1. The van der Waals surface area contributed by atoms with E-state index in [4.69, 9.17) is 4.52 Å². The Balaban J connectivity index is 1.49. The maximum absolute atomic E-state index is 5.54. The zero-order valence-electron chi connectivity index (χ0n) is 13.1. The second kappa shape index (κ2) is 5.83. The first kappa shape index (κ1) is 13.9. The Bertz CT molecular complexity index is 604. The van der Waals surface area contributed by atoms with Gasteiger partial charge in [0.2, 0.25) is 5.89 Å². The van der Waals surface area contributed by atoms with E-state index in [0.717, 1.165) is 24.8 Å². The third-order valence-electron chi connectivity index (χ3n) is 4.88. The fourth-order valence-electron chi connectivity index (χ4n) is 3.42. The molecule has 1 aliphatic heterocycles. The van der Waals surface area contributed by atoms with Crippen molar-refractivity contribution >= 4 is 0 Å². The average Bonchev–Trinajstić information content (AvgIpc) is 3.06. The molecule has 1 saturated carbocycles. The number of aromatic nitrogens is 4. The maximum atomic E-state index is 5.54. The summed E-state index contributed by atoms with van der Waals surface area (Å²) in [7, 11) is 0. The lowest BCUT2D eigenvalue weighted by atomic mass is 10.00. The molecule has 0 unspecified atom stereocenters. The minimum Gasteiger partial charge on any atom is -0.338 e. The smallest absolute Gasteiger partial charge is 0.243 e. The molecule has 0 aromatic carbocycles. The standard InChI is InChI=1S/C16H23N5O/c1-12(16-18-15(19-22-16)13-6-7-13)21-10-3-2-5-14(21)11-20-9-4-8-17-20/h4,8-9,12-14H,2-3,5-7,10-11H2,1H3/t12-,14+/m1/s1. The molecule has 4 rings (SSSR count). The van der Waals surface area contributed by atoms with Gasteiger partial charge in [-0.15, -0.1) is 0 Å². The van der Waals surface area contributed by atoms with Gasteiger partial charge in [-0.3, -0.25) is 9.58 Å². The second-order valence-electron chi connectivity index (χ2n) is 6.56. The van der Waals surface area contributed by atoms with Gasteiger partial charge < -0.3 is 4.52 Å². The van der Waals surface area contributed by atoms with E-state index in [0.29, 0.717) is 12.0 Å². The molecule has 2 fully saturated rings. The lowest BCUT2D eigenvalue weighted by Gasteiger charge is -2.38. The molecule has 2 aromatic rings. The van der Waals surface area contributed by atoms with Gasteiger partial charge in [0.25, 0.3) is 0 Å². The van der Waals surface area contributed by atoms with Crippen LogP contribution in [0.4, 0.5) is 0 Å². The molecule has 6 nitrogen and oxygen atoms in total. The largest absolute Gasteiger partial charge is 0.338 e. The summed E-state index contributed by atoms with van der Waals surface area (Å²) < 4.78 is 7.57. The van der Waals surface area contributed by atoms with Gasteiger partial charge in [0.1, 0.15) is 0 Å². The molecule has 2 aliphatic rings. The molecule has 6 heteroatoms. The summed E-state index contributed by atoms with van der Waals surface area (Å²) in [5.74, 6) is 2.22. The Labute approximate surface area is 130 Å². The van der Waals surface area contributed by atoms with Crippen LogP contribution >= 0.6 is 0 Å². The van der Waals surface area contributed by atoms with Crippen LogP contribution in [0.2, 0.25) is 0 Å². The molecule has 2 atom stereocenters. The summed E-state index contributed by atoms with van der Waals surface area (Å²) in [6.07, 6.45) is 10.0. The Morgan fingerprint density at radius 3 is 3.00 bits per heavy atom. The van der Waals surface area contributed by atoms with Crippen LogP contribution in [0.1, 0.15) is 62.7 Å². The highest BCUT2D eigenvalue weighted by Gasteiger charge is 2.33. The molecule has 1 aliphatic carbocycles. The molecule has 0 amide bonds. The highest BCUT2D eigenvalue weighted by Crippen LogP contribution is 2.39. The first-order chi connectivity index (χ1) is 10.8. The van der Waals surface area contributed by atoms with E-state index in [1.165, 1.54) is 32.1 Å². The van der Waals surface area contributed by atoms with E-state index in [2.05, 4.69) is 27.1 Å². The van der Waals surface area contributed by atoms with Gasteiger partial charge in [-0.05, 0) is 45.2 Å². The first-order valence-corrected chi connectivity index (χ1v) is 8.38. The fraction of sp³-hybridized carbons (Fsp3) is 0.688. The van der Waals surface area contributed by atoms with Gasteiger partial charge in [0, 0.05) is 24.4 Å². The molecule has 2 aromatic heterocycles. The van der Waals surface area contributed by atoms with E-state index >= 15 is 0 Å². The lowest BCUT2D eigenvalue weighted by molar-refractivity contribution is 0.0719. The quantitative estimate of drug-likeness (QED) is 0.850. The molecular weight excluding hydrogens is 278 g/mol. The summed E-state index contributed by atoms with van der Waals surface area (Å²) in [5.41, 5.74) is 0. The van der Waals surface area contributed by atoms with Crippen molar-refractivity contribution in [3.63, 3.8) is 0 Å². The molecular formula is C16H23N5O. The summed E-state index contributed by atoms with van der Waals surface area (Å²) in [5, 5.41) is 8.52. The van der Waals surface area contributed by atoms with Crippen molar-refractivity contribution in [3.05, 3.63) is 30.2 Å². The Morgan fingerprint density at radius 1 is 1.32 bits per heavy atom. The van der Waals surface area contributed by atoms with Gasteiger partial charge >= 0.3 is 0 Å². The van der Waals surface area contributed by atoms with Crippen LogP contribution in [0, 0.1) is 0 Å². The van der Waals surface area contributed by atoms with Crippen molar-refractivity contribution < 1.29 is 4.52 Å². The van der Waals surface area contributed by atoms with E-state index < -0.39 is 0 Å². The first-order valence-electron chi connectivity index (χ1n) is 8.38. The number of hydrogen-bond acceptors (Lipinski definition) is 5. The van der Waals surface area contributed by atoms with Crippen LogP contribution in [-0.2, 0) is 6.54 Å². The highest BCUT2D eigenvalue weighted by molar-refractivity contribution is 5.05. The van der Waals surface area contributed by atoms with Gasteiger partial charge in [-0.2, -0.15) is 10.1 Å². The van der Waals surface area contributed by atoms with Crippen molar-refractivity contribution in [3.8, 4) is 0 Å². The van der Waals surface area contributed by atoms with Crippen molar-refractivity contribution in [2.75, 3.05) is 6.54 Å². The van der Waals surface area contributed by atoms with Gasteiger partial charge in [-0.25, -0.2) is 0 Å². The zero-order valence-corrected chi connectivity index (χ0v) is 13.1. The van der Waals surface area contributed by atoms with Gasteiger partial charge in [0.05, 0.1) is 12.6 Å². The van der Waals surface area contributed by atoms with Crippen LogP contribution < -0.4 is 0 Å². The average molecular weight is 301 g/mol. The summed E-state index contributed by atoms with van der Waals surface area (Å²) in [4.78, 5) is 7.15. The van der Waals surface area contributed by atoms with Crippen molar-refractivity contribution in [2.45, 2.75) is 63.6 Å². The predicted molar refractivity (Wildman–Crippen MR) is 81.3 cm³/mol. The maximum Gasteiger partial charge on any atom is 0.243 e. The number of likely N-dealkylation sites (tertiary alicyclic amines) is 1. The van der Waals surface area contributed by atoms with Crippen LogP contribution in [0.25, 0.3) is 0 Å². The molecule has 118 valence electrons. The van der Waals surface area contributed by atoms with Gasteiger partial charge in [0.15, 0.2) is 5.82 Å². The Kier molecular flexibility index (Phi) is 3.70. The number of rotatable bonds is 5. The highest BCUT2D eigenvalue weighted by atomic mass is 16.5. The predicted octanol–water partition coefficient (Wildman–Crippen LogP) is 2.76. The number of hydrogen-bond donors (Lipinski definition) is 0. The van der Waals surface area contributed by atoms with Crippen LogP contribution in [0.15, 0.2) is 23.0 Å². The zero-order chi connectivity index (χ0) is 14.9. The topological polar surface area (TPSA) is 60.0 Å². The van der Waals surface area contributed by atoms with Crippen molar-refractivity contribution in [1.82, 2.24) is 24.8 Å². The molecule has 0 bridgehead atoms. The fourth-order valence-corrected chi connectivity index (χ4v) is 3.42. The van der Waals surface area contributed by atoms with E-state index in [9.17, 15) is 0 Å². The van der Waals surface area contributed by atoms with Crippen LogP contribution in [-0.4, -0.2) is 37.4 Å². The van der Waals surface area contributed by atoms with E-state index in [1.807, 2.05) is 23.1 Å². The molecule has 1 saturated heterocycles. The second-order valence-corrected chi connectivity index (χ2v) is 6.56. The van der Waals surface area contributed by atoms with E-state index in [1.54, 1.807) is 0 Å². The molecule has 0 radical (unpaired) electrons. The molecule has 0 spiro atoms. The summed E-state index contributed by atoms with van der Waals surface area (Å²) in [6.45, 7) is 4.21. The van der Waals surface area contributed by atoms with E-state index in [-0.39, 0.29) is 6.04 Å². The summed E-state index contributed by atoms with van der Waals surface area (Å²) in [6, 6.07) is 2.65. The van der Waals surface area contributed by atoms with Gasteiger partial charge in [-0.1, -0.05) is 11.6 Å². The Hall–Kier alpha value is -1.69.